The molecule has 0 spiro atoms. The number of thiazole rings is 1. The summed E-state index contributed by atoms with van der Waals surface area (Å²) in [6, 6.07) is 15.3. The second-order valence-electron chi connectivity index (χ2n) is 6.06. The van der Waals surface area contributed by atoms with Crippen LogP contribution in [-0.2, 0) is 0 Å². The summed E-state index contributed by atoms with van der Waals surface area (Å²) in [6.45, 7) is 0.223. The molecule has 0 unspecified atom stereocenters. The van der Waals surface area contributed by atoms with Gasteiger partial charge in [-0.1, -0.05) is 18.2 Å². The summed E-state index contributed by atoms with van der Waals surface area (Å²) in [6.07, 6.45) is 4.96. The minimum Gasteiger partial charge on any atom is -0.454 e. The number of anilines is 1. The molecule has 0 bridgehead atoms. The lowest BCUT2D eigenvalue weighted by Gasteiger charge is -2.00. The number of carbonyl (C=O) groups is 1. The molecule has 8 heteroatoms. The fourth-order valence-corrected chi connectivity index (χ4v) is 3.65. The zero-order valence-corrected chi connectivity index (χ0v) is 15.3. The molecule has 0 aliphatic carbocycles. The average molecular weight is 390 g/mol. The van der Waals surface area contributed by atoms with Crippen molar-refractivity contribution in [2.75, 3.05) is 12.1 Å². The van der Waals surface area contributed by atoms with Gasteiger partial charge in [0.25, 0.3) is 5.91 Å². The van der Waals surface area contributed by atoms with Crippen LogP contribution in [0.3, 0.4) is 0 Å². The fourth-order valence-electron chi connectivity index (χ4n) is 2.84. The number of benzene rings is 2. The first kappa shape index (κ1) is 16.5. The first-order valence-electron chi connectivity index (χ1n) is 8.53. The highest BCUT2D eigenvalue weighted by Crippen LogP contribution is 2.37. The number of para-hydroxylation sites is 1. The fraction of sp³-hybridized carbons (Fsp3) is 0.0500. The second kappa shape index (κ2) is 6.82. The number of carbonyl (C=O) groups excluding carboxylic acids is 1. The van der Waals surface area contributed by atoms with Gasteiger partial charge < -0.3 is 14.8 Å². The lowest BCUT2D eigenvalue weighted by atomic mass is 10.2. The molecule has 0 saturated carbocycles. The number of ether oxygens (including phenoxy) is 2. The first-order valence-corrected chi connectivity index (χ1v) is 9.35. The smallest absolute Gasteiger partial charge is 0.267 e. The molecular formula is C20H14N4O3S. The largest absolute Gasteiger partial charge is 0.454 e. The van der Waals surface area contributed by atoms with Crippen LogP contribution in [-0.4, -0.2) is 27.5 Å². The van der Waals surface area contributed by atoms with Crippen molar-refractivity contribution in [2.45, 2.75) is 0 Å². The molecule has 5 rings (SSSR count). The van der Waals surface area contributed by atoms with Crippen LogP contribution < -0.4 is 14.8 Å². The number of hydrogen-bond donors (Lipinski definition) is 1. The number of fused-ring (bicyclic) bond motifs is 1. The molecule has 0 radical (unpaired) electrons. The van der Waals surface area contributed by atoms with Crippen LogP contribution in [0.4, 0.5) is 5.69 Å². The topological polar surface area (TPSA) is 78.3 Å². The van der Waals surface area contributed by atoms with Crippen LogP contribution in [0, 0.1) is 0 Å². The van der Waals surface area contributed by atoms with Crippen LogP contribution >= 0.6 is 11.3 Å². The number of nitrogens with one attached hydrogen (secondary N) is 1. The molecule has 0 saturated heterocycles. The van der Waals surface area contributed by atoms with Crippen molar-refractivity contribution >= 4 is 22.9 Å². The molecule has 1 aliphatic rings. The maximum atomic E-state index is 12.6. The highest BCUT2D eigenvalue weighted by Gasteiger charge is 2.17. The van der Waals surface area contributed by atoms with Crippen LogP contribution in [0.25, 0.3) is 16.3 Å². The zero-order chi connectivity index (χ0) is 18.9. The van der Waals surface area contributed by atoms with E-state index in [0.29, 0.717) is 22.1 Å². The Hall–Kier alpha value is -3.65. The molecule has 2 aromatic carbocycles. The maximum absolute atomic E-state index is 12.6. The summed E-state index contributed by atoms with van der Waals surface area (Å²) >= 11 is 1.32. The van der Waals surface area contributed by atoms with Gasteiger partial charge in [-0.25, -0.2) is 9.67 Å². The number of amides is 1. The van der Waals surface area contributed by atoms with E-state index in [1.807, 2.05) is 48.5 Å². The van der Waals surface area contributed by atoms with Crippen molar-refractivity contribution in [1.29, 1.82) is 0 Å². The van der Waals surface area contributed by atoms with Crippen LogP contribution in [0.1, 0.15) is 9.67 Å². The average Bonchev–Trinajstić information content (AvgIpc) is 3.48. The highest BCUT2D eigenvalue weighted by molar-refractivity contribution is 7.17. The van der Waals surface area contributed by atoms with Gasteiger partial charge in [0.05, 0.1) is 30.0 Å². The third-order valence-corrected chi connectivity index (χ3v) is 5.26. The van der Waals surface area contributed by atoms with Crippen molar-refractivity contribution in [1.82, 2.24) is 14.8 Å². The molecule has 0 fully saturated rings. The van der Waals surface area contributed by atoms with Gasteiger partial charge >= 0.3 is 0 Å². The number of rotatable bonds is 4. The summed E-state index contributed by atoms with van der Waals surface area (Å²) in [5, 5.41) is 7.88. The Labute approximate surface area is 164 Å². The van der Waals surface area contributed by atoms with E-state index in [4.69, 9.17) is 9.47 Å². The Balaban J connectivity index is 1.32. The van der Waals surface area contributed by atoms with Gasteiger partial charge in [0.1, 0.15) is 9.88 Å². The van der Waals surface area contributed by atoms with Gasteiger partial charge in [0.15, 0.2) is 11.5 Å². The highest BCUT2D eigenvalue weighted by atomic mass is 32.1. The minimum absolute atomic E-state index is 0.223. The van der Waals surface area contributed by atoms with E-state index in [-0.39, 0.29) is 12.7 Å². The third kappa shape index (κ3) is 3.10. The number of hydrogen-bond acceptors (Lipinski definition) is 6. The molecule has 1 N–H and O–H groups in total. The molecule has 3 heterocycles. The molecule has 28 heavy (non-hydrogen) atoms. The van der Waals surface area contributed by atoms with Gasteiger partial charge in [0, 0.05) is 5.56 Å². The molecule has 138 valence electrons. The molecule has 4 aromatic rings. The second-order valence-corrected chi connectivity index (χ2v) is 7.09. The van der Waals surface area contributed by atoms with Crippen molar-refractivity contribution < 1.29 is 14.3 Å². The molecular weight excluding hydrogens is 376 g/mol. The van der Waals surface area contributed by atoms with Gasteiger partial charge in [-0.05, 0) is 30.3 Å². The van der Waals surface area contributed by atoms with E-state index >= 15 is 0 Å². The minimum atomic E-state index is -0.225. The lowest BCUT2D eigenvalue weighted by Crippen LogP contribution is -2.09. The number of aromatic nitrogens is 3. The Morgan fingerprint density at radius 3 is 2.82 bits per heavy atom. The Bertz CT molecular complexity index is 1150. The SMILES string of the molecule is O=C(Nc1cnn(-c2ccccc2)c1)c1cnc(-c2ccc3c(c2)OCO3)s1. The Kier molecular flexibility index (Phi) is 4.02. The summed E-state index contributed by atoms with van der Waals surface area (Å²) in [7, 11) is 0. The molecule has 2 aromatic heterocycles. The van der Waals surface area contributed by atoms with Crippen LogP contribution in [0.15, 0.2) is 67.1 Å². The summed E-state index contributed by atoms with van der Waals surface area (Å²) in [4.78, 5) is 17.5. The first-order chi connectivity index (χ1) is 13.8. The van der Waals surface area contributed by atoms with Crippen molar-refractivity contribution in [2.24, 2.45) is 0 Å². The predicted molar refractivity (Wildman–Crippen MR) is 105 cm³/mol. The van der Waals surface area contributed by atoms with Gasteiger partial charge in [0.2, 0.25) is 6.79 Å². The van der Waals surface area contributed by atoms with Crippen molar-refractivity contribution in [3.63, 3.8) is 0 Å². The van der Waals surface area contributed by atoms with E-state index in [2.05, 4.69) is 15.4 Å². The third-order valence-electron chi connectivity index (χ3n) is 4.21. The van der Waals surface area contributed by atoms with E-state index in [0.717, 1.165) is 16.3 Å². The molecule has 7 nitrogen and oxygen atoms in total. The number of nitrogens with zero attached hydrogens (tertiary/aromatic N) is 3. The van der Waals surface area contributed by atoms with E-state index in [9.17, 15) is 4.79 Å². The quantitative estimate of drug-likeness (QED) is 0.570. The van der Waals surface area contributed by atoms with E-state index in [1.165, 1.54) is 11.3 Å². The molecule has 1 aliphatic heterocycles. The predicted octanol–water partition coefficient (Wildman–Crippen LogP) is 3.98. The van der Waals surface area contributed by atoms with Crippen molar-refractivity contribution in [3.8, 4) is 27.8 Å². The lowest BCUT2D eigenvalue weighted by molar-refractivity contribution is 0.103. The van der Waals surface area contributed by atoms with Gasteiger partial charge in [-0.15, -0.1) is 11.3 Å². The molecule has 0 atom stereocenters. The Morgan fingerprint density at radius 1 is 1.07 bits per heavy atom. The normalized spacial score (nSPS) is 12.1. The van der Waals surface area contributed by atoms with E-state index in [1.54, 1.807) is 23.3 Å². The summed E-state index contributed by atoms with van der Waals surface area (Å²) in [5.74, 6) is 1.18. The maximum Gasteiger partial charge on any atom is 0.267 e. The summed E-state index contributed by atoms with van der Waals surface area (Å²) < 4.78 is 12.4. The van der Waals surface area contributed by atoms with Crippen molar-refractivity contribution in [3.05, 3.63) is 72.0 Å². The summed E-state index contributed by atoms with van der Waals surface area (Å²) in [5.41, 5.74) is 2.42. The molecule has 1 amide bonds. The Morgan fingerprint density at radius 2 is 1.93 bits per heavy atom. The van der Waals surface area contributed by atoms with Gasteiger partial charge in [-0.3, -0.25) is 4.79 Å². The zero-order valence-electron chi connectivity index (χ0n) is 14.5. The van der Waals surface area contributed by atoms with E-state index < -0.39 is 0 Å². The standard InChI is InChI=1S/C20H14N4O3S/c25-19(23-14-9-22-24(11-14)15-4-2-1-3-5-15)18-10-21-20(28-18)13-6-7-16-17(8-13)27-12-26-16/h1-11H,12H2,(H,23,25). The van der Waals surface area contributed by atoms with Crippen LogP contribution in [0.5, 0.6) is 11.5 Å². The van der Waals surface area contributed by atoms with Gasteiger partial charge in [-0.2, -0.15) is 5.10 Å². The van der Waals surface area contributed by atoms with Crippen LogP contribution in [0.2, 0.25) is 0 Å². The monoisotopic (exact) mass is 390 g/mol.